The maximum atomic E-state index is 12.1. The molecular weight excluding hydrogens is 390 g/mol. The molecule has 0 aliphatic carbocycles. The number of likely N-dealkylation sites (tertiary alicyclic amines) is 1. The Morgan fingerprint density at radius 3 is 2.06 bits per heavy atom. The van der Waals surface area contributed by atoms with Crippen molar-refractivity contribution >= 4 is 11.9 Å². The zero-order valence-electron chi connectivity index (χ0n) is 20.7. The summed E-state index contributed by atoms with van der Waals surface area (Å²) in [5, 5.41) is 0. The van der Waals surface area contributed by atoms with Gasteiger partial charge >= 0.3 is 11.9 Å². The van der Waals surface area contributed by atoms with E-state index in [2.05, 4.69) is 25.8 Å². The number of hydrogen-bond donors (Lipinski definition) is 0. The highest BCUT2D eigenvalue weighted by Gasteiger charge is 2.17. The van der Waals surface area contributed by atoms with E-state index in [1.807, 2.05) is 0 Å². The molecule has 1 fully saturated rings. The van der Waals surface area contributed by atoms with Crippen LogP contribution in [-0.2, 0) is 19.1 Å². The zero-order valence-corrected chi connectivity index (χ0v) is 20.7. The second-order valence-electron chi connectivity index (χ2n) is 9.50. The second-order valence-corrected chi connectivity index (χ2v) is 9.50. The number of nitrogens with zero attached hydrogens (tertiary/aromatic N) is 1. The van der Waals surface area contributed by atoms with Crippen molar-refractivity contribution in [2.75, 3.05) is 33.4 Å². The molecule has 0 saturated carbocycles. The molecule has 5 heteroatoms. The summed E-state index contributed by atoms with van der Waals surface area (Å²) in [7, 11) is 2.15. The number of rotatable bonds is 18. The van der Waals surface area contributed by atoms with Crippen LogP contribution in [0.25, 0.3) is 0 Å². The van der Waals surface area contributed by atoms with E-state index in [9.17, 15) is 9.59 Å². The number of carbonyl (C=O) groups is 2. The summed E-state index contributed by atoms with van der Waals surface area (Å²) in [6.45, 7) is 7.77. The Bertz CT molecular complexity index is 460. The van der Waals surface area contributed by atoms with E-state index in [0.717, 1.165) is 32.4 Å². The first-order valence-electron chi connectivity index (χ1n) is 13.0. The Hall–Kier alpha value is -1.10. The van der Waals surface area contributed by atoms with Gasteiger partial charge in [0.05, 0.1) is 13.2 Å². The molecule has 0 N–H and O–H groups in total. The SMILES string of the molecule is CCCCCCC(CCCCC)COC(=O)CCCC(=O)OCCC1CCN(C)CC1. The van der Waals surface area contributed by atoms with E-state index >= 15 is 0 Å². The molecule has 1 rings (SSSR count). The van der Waals surface area contributed by atoms with Gasteiger partial charge in [0.15, 0.2) is 0 Å². The molecule has 1 atom stereocenters. The van der Waals surface area contributed by atoms with Crippen LogP contribution in [0, 0.1) is 11.8 Å². The smallest absolute Gasteiger partial charge is 0.305 e. The van der Waals surface area contributed by atoms with Crippen molar-refractivity contribution in [3.8, 4) is 0 Å². The summed E-state index contributed by atoms with van der Waals surface area (Å²) >= 11 is 0. The molecule has 1 aliphatic heterocycles. The largest absolute Gasteiger partial charge is 0.466 e. The maximum absolute atomic E-state index is 12.1. The van der Waals surface area contributed by atoms with Crippen molar-refractivity contribution in [1.82, 2.24) is 4.90 Å². The topological polar surface area (TPSA) is 55.8 Å². The van der Waals surface area contributed by atoms with E-state index in [1.54, 1.807) is 0 Å². The van der Waals surface area contributed by atoms with Crippen molar-refractivity contribution in [3.05, 3.63) is 0 Å². The van der Waals surface area contributed by atoms with Gasteiger partial charge in [-0.3, -0.25) is 9.59 Å². The van der Waals surface area contributed by atoms with E-state index in [1.165, 1.54) is 57.8 Å². The molecule has 0 spiro atoms. The molecule has 0 aromatic rings. The third-order valence-electron chi connectivity index (χ3n) is 6.55. The number of hydrogen-bond acceptors (Lipinski definition) is 5. The number of piperidine rings is 1. The summed E-state index contributed by atoms with van der Waals surface area (Å²) in [6, 6.07) is 0. The van der Waals surface area contributed by atoms with Crippen LogP contribution < -0.4 is 0 Å². The van der Waals surface area contributed by atoms with E-state index in [-0.39, 0.29) is 11.9 Å². The van der Waals surface area contributed by atoms with Crippen LogP contribution in [0.1, 0.15) is 110 Å². The minimum absolute atomic E-state index is 0.173. The molecule has 1 heterocycles. The van der Waals surface area contributed by atoms with Gasteiger partial charge in [-0.25, -0.2) is 0 Å². The molecule has 5 nitrogen and oxygen atoms in total. The molecule has 0 aromatic heterocycles. The van der Waals surface area contributed by atoms with E-state index in [0.29, 0.717) is 44.3 Å². The standard InChI is InChI=1S/C26H49NO4/c1-4-6-8-10-13-24(12-9-7-5-2)22-31-26(29)15-11-14-25(28)30-21-18-23-16-19-27(3)20-17-23/h23-24H,4-22H2,1-3H3. The number of carbonyl (C=O) groups excluding carboxylic acids is 2. The normalized spacial score (nSPS) is 16.2. The van der Waals surface area contributed by atoms with Crippen LogP contribution >= 0.6 is 0 Å². The third-order valence-corrected chi connectivity index (χ3v) is 6.55. The van der Waals surface area contributed by atoms with Crippen LogP contribution in [0.2, 0.25) is 0 Å². The lowest BCUT2D eigenvalue weighted by atomic mass is 9.94. The first-order valence-corrected chi connectivity index (χ1v) is 13.0. The predicted molar refractivity (Wildman–Crippen MR) is 127 cm³/mol. The molecule has 0 aromatic carbocycles. The molecule has 1 unspecified atom stereocenters. The summed E-state index contributed by atoms with van der Waals surface area (Å²) < 4.78 is 10.9. The van der Waals surface area contributed by atoms with Gasteiger partial charge < -0.3 is 14.4 Å². The summed E-state index contributed by atoms with van der Waals surface area (Å²) in [5.41, 5.74) is 0. The van der Waals surface area contributed by atoms with Crippen molar-refractivity contribution in [2.45, 2.75) is 110 Å². The molecule has 0 amide bonds. The van der Waals surface area contributed by atoms with Gasteiger partial charge in [0.25, 0.3) is 0 Å². The minimum atomic E-state index is -0.186. The van der Waals surface area contributed by atoms with Gasteiger partial charge in [-0.15, -0.1) is 0 Å². The van der Waals surface area contributed by atoms with Crippen LogP contribution in [0.4, 0.5) is 0 Å². The van der Waals surface area contributed by atoms with E-state index < -0.39 is 0 Å². The monoisotopic (exact) mass is 439 g/mol. The minimum Gasteiger partial charge on any atom is -0.466 e. The summed E-state index contributed by atoms with van der Waals surface area (Å²) in [6.07, 6.45) is 15.5. The Balaban J connectivity index is 2.10. The summed E-state index contributed by atoms with van der Waals surface area (Å²) in [5.74, 6) is 0.797. The van der Waals surface area contributed by atoms with E-state index in [4.69, 9.17) is 9.47 Å². The number of unbranched alkanes of at least 4 members (excludes halogenated alkanes) is 5. The lowest BCUT2D eigenvalue weighted by molar-refractivity contribution is -0.146. The highest BCUT2D eigenvalue weighted by atomic mass is 16.5. The summed E-state index contributed by atoms with van der Waals surface area (Å²) in [4.78, 5) is 26.4. The van der Waals surface area contributed by atoms with Gasteiger partial charge in [0, 0.05) is 12.8 Å². The molecule has 0 bridgehead atoms. The molecule has 182 valence electrons. The van der Waals surface area contributed by atoms with Crippen LogP contribution in [0.15, 0.2) is 0 Å². The Kier molecular flexibility index (Phi) is 16.6. The fourth-order valence-electron chi connectivity index (χ4n) is 4.28. The van der Waals surface area contributed by atoms with Gasteiger partial charge in [0.1, 0.15) is 0 Å². The van der Waals surface area contributed by atoms with Crippen LogP contribution in [0.5, 0.6) is 0 Å². The Morgan fingerprint density at radius 1 is 0.839 bits per heavy atom. The van der Waals surface area contributed by atoms with Crippen molar-refractivity contribution < 1.29 is 19.1 Å². The third kappa shape index (κ3) is 15.4. The number of esters is 2. The number of ether oxygens (including phenoxy) is 2. The molecule has 1 aliphatic rings. The highest BCUT2D eigenvalue weighted by molar-refractivity contribution is 5.72. The first-order chi connectivity index (χ1) is 15.0. The average molecular weight is 440 g/mol. The fraction of sp³-hybridized carbons (Fsp3) is 0.923. The lowest BCUT2D eigenvalue weighted by Gasteiger charge is -2.28. The predicted octanol–water partition coefficient (Wildman–Crippen LogP) is 6.14. The quantitative estimate of drug-likeness (QED) is 0.190. The second kappa shape index (κ2) is 18.5. The average Bonchev–Trinajstić information content (AvgIpc) is 2.76. The fourth-order valence-corrected chi connectivity index (χ4v) is 4.28. The van der Waals surface area contributed by atoms with Gasteiger partial charge in [-0.1, -0.05) is 58.8 Å². The highest BCUT2D eigenvalue weighted by Crippen LogP contribution is 2.20. The van der Waals surface area contributed by atoms with Crippen molar-refractivity contribution in [2.24, 2.45) is 11.8 Å². The van der Waals surface area contributed by atoms with Crippen LogP contribution in [-0.4, -0.2) is 50.2 Å². The van der Waals surface area contributed by atoms with Gasteiger partial charge in [0.2, 0.25) is 0 Å². The zero-order chi connectivity index (χ0) is 22.7. The van der Waals surface area contributed by atoms with Crippen molar-refractivity contribution in [3.63, 3.8) is 0 Å². The van der Waals surface area contributed by atoms with Crippen LogP contribution in [0.3, 0.4) is 0 Å². The van der Waals surface area contributed by atoms with Gasteiger partial charge in [-0.05, 0) is 70.5 Å². The lowest BCUT2D eigenvalue weighted by Crippen LogP contribution is -2.30. The molecular formula is C26H49NO4. The maximum Gasteiger partial charge on any atom is 0.305 e. The molecule has 31 heavy (non-hydrogen) atoms. The Morgan fingerprint density at radius 2 is 1.42 bits per heavy atom. The van der Waals surface area contributed by atoms with Gasteiger partial charge in [-0.2, -0.15) is 0 Å². The first kappa shape index (κ1) is 27.9. The van der Waals surface area contributed by atoms with Crippen molar-refractivity contribution in [1.29, 1.82) is 0 Å². The molecule has 0 radical (unpaired) electrons. The Labute approximate surface area is 191 Å². The molecule has 1 saturated heterocycles.